The summed E-state index contributed by atoms with van der Waals surface area (Å²) in [5.74, 6) is -0.616. The lowest BCUT2D eigenvalue weighted by molar-refractivity contribution is 0.0928. The van der Waals surface area contributed by atoms with E-state index in [1.807, 2.05) is 18.2 Å². The molecule has 0 saturated heterocycles. The number of halogens is 1. The van der Waals surface area contributed by atoms with Crippen molar-refractivity contribution in [2.45, 2.75) is 6.42 Å². The summed E-state index contributed by atoms with van der Waals surface area (Å²) in [6, 6.07) is 10.3. The van der Waals surface area contributed by atoms with Crippen LogP contribution >= 0.6 is 11.6 Å². The van der Waals surface area contributed by atoms with Crippen LogP contribution in [0.25, 0.3) is 0 Å². The van der Waals surface area contributed by atoms with Crippen LogP contribution in [-0.4, -0.2) is 33.2 Å². The zero-order valence-corrected chi connectivity index (χ0v) is 13.7. The van der Waals surface area contributed by atoms with E-state index >= 15 is 0 Å². The normalized spacial score (nSPS) is 13.9. The first-order valence-corrected chi connectivity index (χ1v) is 9.08. The molecule has 1 aliphatic rings. The summed E-state index contributed by atoms with van der Waals surface area (Å²) >= 11 is 5.60. The van der Waals surface area contributed by atoms with Gasteiger partial charge in [-0.05, 0) is 41.8 Å². The Morgan fingerprint density at radius 2 is 2.04 bits per heavy atom. The highest BCUT2D eigenvalue weighted by Crippen LogP contribution is 2.29. The Morgan fingerprint density at radius 1 is 1.26 bits per heavy atom. The monoisotopic (exact) mass is 354 g/mol. The molecule has 0 bridgehead atoms. The lowest BCUT2D eigenvalue weighted by Gasteiger charge is -2.19. The summed E-state index contributed by atoms with van der Waals surface area (Å²) < 4.78 is 31.3. The molecule has 2 heterocycles. The molecule has 0 radical (unpaired) electrons. The van der Waals surface area contributed by atoms with Crippen LogP contribution in [0.3, 0.4) is 0 Å². The molecule has 0 fully saturated rings. The van der Waals surface area contributed by atoms with E-state index in [9.17, 15) is 13.2 Å². The van der Waals surface area contributed by atoms with E-state index < -0.39 is 15.9 Å². The maximum absolute atomic E-state index is 12.4. The van der Waals surface area contributed by atoms with Crippen molar-refractivity contribution in [1.82, 2.24) is 5.32 Å². The van der Waals surface area contributed by atoms with Crippen LogP contribution in [0.5, 0.6) is 0 Å². The Kier molecular flexibility index (Phi) is 4.32. The molecule has 1 N–H and O–H groups in total. The third-order valence-electron chi connectivity index (χ3n) is 3.62. The first-order valence-electron chi connectivity index (χ1n) is 7.09. The second-order valence-electron chi connectivity index (χ2n) is 5.13. The summed E-state index contributed by atoms with van der Waals surface area (Å²) in [5, 5.41) is 2.63. The quantitative estimate of drug-likeness (QED) is 0.891. The molecular formula is C15H15ClN2O4S. The molecule has 0 saturated carbocycles. The van der Waals surface area contributed by atoms with Gasteiger partial charge in [-0.25, -0.2) is 8.42 Å². The SMILES string of the molecule is O=C(NCCS(=O)(=O)N1CCc2ccccc21)c1ccc(Cl)o1. The number of rotatable bonds is 5. The Labute approximate surface area is 139 Å². The third-order valence-corrected chi connectivity index (χ3v) is 5.60. The van der Waals surface area contributed by atoms with Gasteiger partial charge in [0.05, 0.1) is 11.4 Å². The molecule has 0 aliphatic carbocycles. The fourth-order valence-electron chi connectivity index (χ4n) is 2.52. The van der Waals surface area contributed by atoms with E-state index in [0.717, 1.165) is 11.3 Å². The minimum Gasteiger partial charge on any atom is -0.440 e. The number of hydrogen-bond donors (Lipinski definition) is 1. The van der Waals surface area contributed by atoms with Crippen LogP contribution in [0.2, 0.25) is 5.22 Å². The minimum atomic E-state index is -3.48. The van der Waals surface area contributed by atoms with Crippen molar-refractivity contribution >= 4 is 33.2 Å². The van der Waals surface area contributed by atoms with Crippen molar-refractivity contribution in [2.24, 2.45) is 0 Å². The number of benzene rings is 1. The van der Waals surface area contributed by atoms with E-state index in [1.165, 1.54) is 16.4 Å². The van der Waals surface area contributed by atoms with Crippen molar-refractivity contribution in [3.05, 3.63) is 52.9 Å². The number of para-hydroxylation sites is 1. The van der Waals surface area contributed by atoms with Gasteiger partial charge in [0, 0.05) is 13.1 Å². The molecule has 1 amide bonds. The van der Waals surface area contributed by atoms with E-state index in [0.29, 0.717) is 13.0 Å². The molecule has 3 rings (SSSR count). The number of furan rings is 1. The molecule has 23 heavy (non-hydrogen) atoms. The zero-order chi connectivity index (χ0) is 16.4. The molecule has 2 aromatic rings. The average Bonchev–Trinajstić information content (AvgIpc) is 3.13. The summed E-state index contributed by atoms with van der Waals surface area (Å²) in [6.45, 7) is 0.432. The lowest BCUT2D eigenvalue weighted by Crippen LogP contribution is -2.36. The fraction of sp³-hybridized carbons (Fsp3) is 0.267. The van der Waals surface area contributed by atoms with Gasteiger partial charge in [-0.15, -0.1) is 0 Å². The highest BCUT2D eigenvalue weighted by atomic mass is 35.5. The predicted octanol–water partition coefficient (Wildman–Crippen LogP) is 2.06. The number of anilines is 1. The van der Waals surface area contributed by atoms with E-state index in [1.54, 1.807) is 6.07 Å². The van der Waals surface area contributed by atoms with Crippen molar-refractivity contribution < 1.29 is 17.6 Å². The second kappa shape index (κ2) is 6.25. The predicted molar refractivity (Wildman–Crippen MR) is 87.3 cm³/mol. The van der Waals surface area contributed by atoms with Gasteiger partial charge in [0.15, 0.2) is 11.0 Å². The first-order chi connectivity index (χ1) is 11.0. The number of nitrogens with zero attached hydrogens (tertiary/aromatic N) is 1. The van der Waals surface area contributed by atoms with Crippen LogP contribution in [0.1, 0.15) is 16.1 Å². The standard InChI is InChI=1S/C15H15ClN2O4S/c16-14-6-5-13(22-14)15(19)17-8-10-23(20,21)18-9-7-11-3-1-2-4-12(11)18/h1-6H,7-10H2,(H,17,19). The van der Waals surface area contributed by atoms with Crippen molar-refractivity contribution in [3.8, 4) is 0 Å². The lowest BCUT2D eigenvalue weighted by atomic mass is 10.2. The van der Waals surface area contributed by atoms with Crippen LogP contribution < -0.4 is 9.62 Å². The molecule has 8 heteroatoms. The molecular weight excluding hydrogens is 340 g/mol. The largest absolute Gasteiger partial charge is 0.440 e. The number of amides is 1. The molecule has 1 aromatic carbocycles. The highest BCUT2D eigenvalue weighted by molar-refractivity contribution is 7.92. The van der Waals surface area contributed by atoms with Crippen molar-refractivity contribution in [2.75, 3.05) is 23.1 Å². The molecule has 1 aromatic heterocycles. The fourth-order valence-corrected chi connectivity index (χ4v) is 4.10. The number of nitrogens with one attached hydrogen (secondary N) is 1. The van der Waals surface area contributed by atoms with Gasteiger partial charge in [-0.2, -0.15) is 0 Å². The smallest absolute Gasteiger partial charge is 0.287 e. The number of sulfonamides is 1. The van der Waals surface area contributed by atoms with Gasteiger partial charge >= 0.3 is 0 Å². The van der Waals surface area contributed by atoms with Gasteiger partial charge in [0.1, 0.15) is 0 Å². The van der Waals surface area contributed by atoms with Crippen LogP contribution in [0, 0.1) is 0 Å². The minimum absolute atomic E-state index is 0.00183. The van der Waals surface area contributed by atoms with E-state index in [4.69, 9.17) is 16.0 Å². The van der Waals surface area contributed by atoms with Gasteiger partial charge in [-0.3, -0.25) is 9.10 Å². The third kappa shape index (κ3) is 3.35. The summed E-state index contributed by atoms with van der Waals surface area (Å²) in [6.07, 6.45) is 0.701. The molecule has 122 valence electrons. The van der Waals surface area contributed by atoms with Crippen molar-refractivity contribution in [3.63, 3.8) is 0 Å². The van der Waals surface area contributed by atoms with E-state index in [-0.39, 0.29) is 23.3 Å². The van der Waals surface area contributed by atoms with Gasteiger partial charge in [0.2, 0.25) is 10.0 Å². The zero-order valence-electron chi connectivity index (χ0n) is 12.2. The maximum atomic E-state index is 12.4. The number of fused-ring (bicyclic) bond motifs is 1. The topological polar surface area (TPSA) is 79.6 Å². The summed E-state index contributed by atoms with van der Waals surface area (Å²) in [4.78, 5) is 11.8. The number of carbonyl (C=O) groups is 1. The second-order valence-corrected chi connectivity index (χ2v) is 7.51. The van der Waals surface area contributed by atoms with E-state index in [2.05, 4.69) is 5.32 Å². The summed E-state index contributed by atoms with van der Waals surface area (Å²) in [5.41, 5.74) is 1.74. The van der Waals surface area contributed by atoms with Crippen LogP contribution in [0.15, 0.2) is 40.8 Å². The van der Waals surface area contributed by atoms with Crippen LogP contribution in [0.4, 0.5) is 5.69 Å². The average molecular weight is 355 g/mol. The van der Waals surface area contributed by atoms with Gasteiger partial charge < -0.3 is 9.73 Å². The Morgan fingerprint density at radius 3 is 2.78 bits per heavy atom. The Bertz CT molecular complexity index is 832. The van der Waals surface area contributed by atoms with Gasteiger partial charge in [-0.1, -0.05) is 18.2 Å². The van der Waals surface area contributed by atoms with Crippen LogP contribution in [-0.2, 0) is 16.4 Å². The molecule has 0 unspecified atom stereocenters. The molecule has 0 spiro atoms. The summed E-state index contributed by atoms with van der Waals surface area (Å²) in [7, 11) is -3.48. The first kappa shape index (κ1) is 15.9. The molecule has 6 nitrogen and oxygen atoms in total. The maximum Gasteiger partial charge on any atom is 0.287 e. The van der Waals surface area contributed by atoms with Gasteiger partial charge in [0.25, 0.3) is 5.91 Å². The number of hydrogen-bond acceptors (Lipinski definition) is 4. The van der Waals surface area contributed by atoms with Crippen molar-refractivity contribution in [1.29, 1.82) is 0 Å². The Balaban J connectivity index is 1.61. The Hall–Kier alpha value is -1.99. The highest BCUT2D eigenvalue weighted by Gasteiger charge is 2.28. The molecule has 0 atom stereocenters. The molecule has 1 aliphatic heterocycles. The number of carbonyl (C=O) groups excluding carboxylic acids is 1.